The molecule has 8 nitrogen and oxygen atoms in total. The average molecular weight is 426 g/mol. The fourth-order valence-corrected chi connectivity index (χ4v) is 3.50. The molecule has 1 amide bonds. The third-order valence-corrected chi connectivity index (χ3v) is 5.12. The van der Waals surface area contributed by atoms with Crippen molar-refractivity contribution in [3.8, 4) is 5.75 Å². The van der Waals surface area contributed by atoms with Crippen LogP contribution in [0.5, 0.6) is 5.75 Å². The summed E-state index contributed by atoms with van der Waals surface area (Å²) in [6.45, 7) is -0.417. The van der Waals surface area contributed by atoms with Gasteiger partial charge in [-0.25, -0.2) is 14.6 Å². The molecule has 2 aromatic rings. The van der Waals surface area contributed by atoms with E-state index in [0.717, 1.165) is 5.56 Å². The molecule has 1 N–H and O–H groups in total. The van der Waals surface area contributed by atoms with Gasteiger partial charge >= 0.3 is 11.9 Å². The van der Waals surface area contributed by atoms with Crippen molar-refractivity contribution in [3.05, 3.63) is 64.6 Å². The Hall–Kier alpha value is -3.59. The van der Waals surface area contributed by atoms with Crippen LogP contribution in [0.1, 0.15) is 15.9 Å². The van der Waals surface area contributed by atoms with Crippen LogP contribution in [0.4, 0.5) is 5.69 Å². The standard InChI is InChI=1S/C21H18N2O6S/c1-23-19(26)17(11-13-3-9-16(10-4-13)29-12-18(24)25)30-21(23)22-15-7-5-14(6-8-15)20(27)28-2/h3-11H,12H2,1-2H3,(H,24,25)/b17-11-,22-21?. The number of methoxy groups -OCH3 is 1. The molecule has 3 rings (SSSR count). The van der Waals surface area contributed by atoms with Gasteiger partial charge in [0.1, 0.15) is 5.75 Å². The van der Waals surface area contributed by atoms with Crippen LogP contribution in [-0.4, -0.2) is 53.8 Å². The number of rotatable bonds is 6. The van der Waals surface area contributed by atoms with Crippen molar-refractivity contribution in [2.24, 2.45) is 4.99 Å². The second-order valence-corrected chi connectivity index (χ2v) is 7.17. The molecule has 1 aliphatic rings. The summed E-state index contributed by atoms with van der Waals surface area (Å²) in [6.07, 6.45) is 1.73. The van der Waals surface area contributed by atoms with Gasteiger partial charge < -0.3 is 14.6 Å². The van der Waals surface area contributed by atoms with Gasteiger partial charge in [-0.15, -0.1) is 0 Å². The lowest BCUT2D eigenvalue weighted by atomic mass is 10.2. The summed E-state index contributed by atoms with van der Waals surface area (Å²) in [5, 5.41) is 9.15. The third kappa shape index (κ3) is 5.06. The van der Waals surface area contributed by atoms with Crippen molar-refractivity contribution < 1.29 is 29.0 Å². The monoisotopic (exact) mass is 426 g/mol. The summed E-state index contributed by atoms with van der Waals surface area (Å²) < 4.78 is 9.77. The lowest BCUT2D eigenvalue weighted by molar-refractivity contribution is -0.139. The fourth-order valence-electron chi connectivity index (χ4n) is 2.51. The van der Waals surface area contributed by atoms with Crippen LogP contribution in [0.25, 0.3) is 6.08 Å². The lowest BCUT2D eigenvalue weighted by Crippen LogP contribution is -2.23. The van der Waals surface area contributed by atoms with Gasteiger partial charge in [-0.2, -0.15) is 0 Å². The minimum absolute atomic E-state index is 0.184. The molecular formula is C21H18N2O6S. The van der Waals surface area contributed by atoms with Crippen molar-refractivity contribution in [1.29, 1.82) is 0 Å². The molecule has 1 saturated heterocycles. The molecule has 0 radical (unpaired) electrons. The first-order chi connectivity index (χ1) is 14.4. The maximum atomic E-state index is 12.5. The van der Waals surface area contributed by atoms with E-state index >= 15 is 0 Å². The Morgan fingerprint density at radius 1 is 1.13 bits per heavy atom. The summed E-state index contributed by atoms with van der Waals surface area (Å²) >= 11 is 1.24. The van der Waals surface area contributed by atoms with Crippen LogP contribution in [0.15, 0.2) is 58.4 Å². The predicted molar refractivity (Wildman–Crippen MR) is 113 cm³/mol. The number of carboxylic acid groups (broad SMARTS) is 1. The van der Waals surface area contributed by atoms with Crippen molar-refractivity contribution in [2.45, 2.75) is 0 Å². The van der Waals surface area contributed by atoms with Crippen molar-refractivity contribution in [1.82, 2.24) is 4.90 Å². The summed E-state index contributed by atoms with van der Waals surface area (Å²) in [4.78, 5) is 41.0. The Kier molecular flexibility index (Phi) is 6.53. The SMILES string of the molecule is COC(=O)c1ccc(N=C2S/C(=C\c3ccc(OCC(=O)O)cc3)C(=O)N2C)cc1. The first-order valence-corrected chi connectivity index (χ1v) is 9.58. The number of carbonyl (C=O) groups is 3. The van der Waals surface area contributed by atoms with Gasteiger partial charge in [-0.3, -0.25) is 9.69 Å². The number of amides is 1. The quantitative estimate of drug-likeness (QED) is 0.559. The highest BCUT2D eigenvalue weighted by molar-refractivity contribution is 8.18. The average Bonchev–Trinajstić information content (AvgIpc) is 3.01. The molecule has 30 heavy (non-hydrogen) atoms. The van der Waals surface area contributed by atoms with E-state index in [4.69, 9.17) is 9.84 Å². The first-order valence-electron chi connectivity index (χ1n) is 8.76. The number of aliphatic imine (C=N–C) groups is 1. The smallest absolute Gasteiger partial charge is 0.341 e. The maximum Gasteiger partial charge on any atom is 0.341 e. The third-order valence-electron chi connectivity index (χ3n) is 4.06. The molecule has 1 aliphatic heterocycles. The Bertz CT molecular complexity index is 1030. The normalized spacial score (nSPS) is 16.2. The molecule has 0 spiro atoms. The zero-order chi connectivity index (χ0) is 21.7. The van der Waals surface area contributed by atoms with E-state index in [2.05, 4.69) is 9.73 Å². The van der Waals surface area contributed by atoms with Crippen LogP contribution in [0, 0.1) is 0 Å². The van der Waals surface area contributed by atoms with Gasteiger partial charge in [0.15, 0.2) is 11.8 Å². The van der Waals surface area contributed by atoms with Gasteiger partial charge in [0, 0.05) is 7.05 Å². The van der Waals surface area contributed by atoms with E-state index in [9.17, 15) is 14.4 Å². The van der Waals surface area contributed by atoms with Gasteiger partial charge in [0.05, 0.1) is 23.3 Å². The van der Waals surface area contributed by atoms with Gasteiger partial charge in [0.2, 0.25) is 0 Å². The fraction of sp³-hybridized carbons (Fsp3) is 0.143. The molecule has 0 atom stereocenters. The molecule has 1 heterocycles. The lowest BCUT2D eigenvalue weighted by Gasteiger charge is -2.07. The van der Waals surface area contributed by atoms with Crippen LogP contribution < -0.4 is 4.74 Å². The molecule has 0 bridgehead atoms. The zero-order valence-corrected chi connectivity index (χ0v) is 17.0. The van der Waals surface area contributed by atoms with E-state index in [1.807, 2.05) is 0 Å². The number of aliphatic carboxylic acids is 1. The first kappa shape index (κ1) is 21.1. The number of hydrogen-bond donors (Lipinski definition) is 1. The highest BCUT2D eigenvalue weighted by atomic mass is 32.2. The summed E-state index contributed by atoms with van der Waals surface area (Å²) in [5.41, 5.74) is 1.79. The maximum absolute atomic E-state index is 12.5. The van der Waals surface area contributed by atoms with E-state index in [-0.39, 0.29) is 5.91 Å². The van der Waals surface area contributed by atoms with Gasteiger partial charge in [0.25, 0.3) is 5.91 Å². The number of thioether (sulfide) groups is 1. The number of benzene rings is 2. The van der Waals surface area contributed by atoms with E-state index in [1.54, 1.807) is 61.7 Å². The molecule has 0 unspecified atom stereocenters. The van der Waals surface area contributed by atoms with Gasteiger partial charge in [-0.1, -0.05) is 12.1 Å². The topological polar surface area (TPSA) is 106 Å². The highest BCUT2D eigenvalue weighted by Crippen LogP contribution is 2.33. The summed E-state index contributed by atoms with van der Waals surface area (Å²) in [5.74, 6) is -1.24. The van der Waals surface area contributed by atoms with E-state index < -0.39 is 18.5 Å². The summed E-state index contributed by atoms with van der Waals surface area (Å²) in [7, 11) is 2.96. The summed E-state index contributed by atoms with van der Waals surface area (Å²) in [6, 6.07) is 13.3. The van der Waals surface area contributed by atoms with Crippen LogP contribution >= 0.6 is 11.8 Å². The van der Waals surface area contributed by atoms with E-state index in [1.165, 1.54) is 23.8 Å². The second kappa shape index (κ2) is 9.27. The largest absolute Gasteiger partial charge is 0.482 e. The van der Waals surface area contributed by atoms with Crippen LogP contribution in [0.3, 0.4) is 0 Å². The Morgan fingerprint density at radius 3 is 2.40 bits per heavy atom. The Balaban J connectivity index is 1.74. The van der Waals surface area contributed by atoms with Crippen LogP contribution in [-0.2, 0) is 14.3 Å². The molecular weight excluding hydrogens is 408 g/mol. The van der Waals surface area contributed by atoms with E-state index in [0.29, 0.717) is 27.1 Å². The number of ether oxygens (including phenoxy) is 2. The van der Waals surface area contributed by atoms with Crippen molar-refractivity contribution >= 4 is 46.5 Å². The minimum Gasteiger partial charge on any atom is -0.482 e. The van der Waals surface area contributed by atoms with Gasteiger partial charge in [-0.05, 0) is 59.8 Å². The minimum atomic E-state index is -1.05. The number of esters is 1. The molecule has 0 aromatic heterocycles. The predicted octanol–water partition coefficient (Wildman–Crippen LogP) is 3.17. The number of carboxylic acids is 1. The van der Waals surface area contributed by atoms with Crippen LogP contribution in [0.2, 0.25) is 0 Å². The molecule has 0 saturated carbocycles. The molecule has 154 valence electrons. The number of carbonyl (C=O) groups excluding carboxylic acids is 2. The highest BCUT2D eigenvalue weighted by Gasteiger charge is 2.30. The van der Waals surface area contributed by atoms with Crippen molar-refractivity contribution in [3.63, 3.8) is 0 Å². The number of nitrogens with zero attached hydrogens (tertiary/aromatic N) is 2. The molecule has 9 heteroatoms. The number of likely N-dealkylation sites (N-methyl/N-ethyl adjacent to an activating group) is 1. The van der Waals surface area contributed by atoms with Crippen molar-refractivity contribution in [2.75, 3.05) is 20.8 Å². The second-order valence-electron chi connectivity index (χ2n) is 6.16. The molecule has 2 aromatic carbocycles. The Labute approximate surface area is 176 Å². The number of hydrogen-bond acceptors (Lipinski definition) is 7. The number of amidine groups is 1. The molecule has 0 aliphatic carbocycles. The molecule has 1 fully saturated rings. The zero-order valence-electron chi connectivity index (χ0n) is 16.2. The Morgan fingerprint density at radius 2 is 1.80 bits per heavy atom.